The molecule has 6 heteroatoms. The molecule has 0 aliphatic carbocycles. The summed E-state index contributed by atoms with van der Waals surface area (Å²) in [5.74, 6) is -0.293. The van der Waals surface area contributed by atoms with Crippen LogP contribution in [0, 0.1) is 12.7 Å². The van der Waals surface area contributed by atoms with Crippen molar-refractivity contribution in [1.82, 2.24) is 14.4 Å². The molecule has 4 aromatic rings. The van der Waals surface area contributed by atoms with E-state index >= 15 is 0 Å². The first-order valence-corrected chi connectivity index (χ1v) is 11.0. The van der Waals surface area contributed by atoms with Crippen molar-refractivity contribution in [1.29, 1.82) is 0 Å². The molecule has 2 aromatic carbocycles. The van der Waals surface area contributed by atoms with Gasteiger partial charge >= 0.3 is 0 Å². The third-order valence-corrected chi connectivity index (χ3v) is 6.29. The highest BCUT2D eigenvalue weighted by molar-refractivity contribution is 5.97. The number of hydrogen-bond acceptors (Lipinski definition) is 3. The first-order valence-electron chi connectivity index (χ1n) is 11.0. The van der Waals surface area contributed by atoms with Gasteiger partial charge in [0.25, 0.3) is 5.91 Å². The van der Waals surface area contributed by atoms with E-state index < -0.39 is 0 Å². The second-order valence-corrected chi connectivity index (χ2v) is 8.41. The van der Waals surface area contributed by atoms with Crippen LogP contribution in [-0.2, 0) is 13.1 Å². The number of piperazine rings is 1. The zero-order valence-corrected chi connectivity index (χ0v) is 18.1. The molecule has 1 aliphatic heterocycles. The van der Waals surface area contributed by atoms with Gasteiger partial charge in [-0.15, -0.1) is 0 Å². The van der Waals surface area contributed by atoms with E-state index in [0.717, 1.165) is 30.7 Å². The molecule has 1 saturated heterocycles. The first-order chi connectivity index (χ1) is 15.6. The van der Waals surface area contributed by atoms with Gasteiger partial charge in [0.15, 0.2) is 5.58 Å². The van der Waals surface area contributed by atoms with Crippen LogP contribution < -0.4 is 0 Å². The van der Waals surface area contributed by atoms with Gasteiger partial charge in [-0.25, -0.2) is 4.39 Å². The fraction of sp³-hybridized carbons (Fsp3) is 0.269. The molecule has 0 spiro atoms. The Morgan fingerprint density at radius 2 is 1.78 bits per heavy atom. The second kappa shape index (κ2) is 8.63. The number of fused-ring (bicyclic) bond motifs is 1. The minimum Gasteiger partial charge on any atom is -0.463 e. The zero-order valence-electron chi connectivity index (χ0n) is 18.1. The second-order valence-electron chi connectivity index (χ2n) is 8.41. The molecule has 1 amide bonds. The van der Waals surface area contributed by atoms with Gasteiger partial charge in [0, 0.05) is 51.4 Å². The first kappa shape index (κ1) is 20.5. The molecule has 5 rings (SSSR count). The van der Waals surface area contributed by atoms with Crippen molar-refractivity contribution in [2.75, 3.05) is 26.2 Å². The maximum atomic E-state index is 13.7. The number of aromatic nitrogens is 1. The molecular weight excluding hydrogens is 405 g/mol. The lowest BCUT2D eigenvalue weighted by atomic mass is 10.1. The molecule has 164 valence electrons. The fourth-order valence-electron chi connectivity index (χ4n) is 4.44. The Hall–Kier alpha value is -3.38. The molecule has 1 fully saturated rings. The molecular formula is C26H26FN3O2. The maximum Gasteiger partial charge on any atom is 0.270 e. The summed E-state index contributed by atoms with van der Waals surface area (Å²) < 4.78 is 21.2. The predicted molar refractivity (Wildman–Crippen MR) is 122 cm³/mol. The summed E-state index contributed by atoms with van der Waals surface area (Å²) >= 11 is 0. The largest absolute Gasteiger partial charge is 0.463 e. The van der Waals surface area contributed by atoms with Crippen LogP contribution in [0.5, 0.6) is 0 Å². The van der Waals surface area contributed by atoms with E-state index in [2.05, 4.69) is 36.1 Å². The van der Waals surface area contributed by atoms with Crippen molar-refractivity contribution in [3.05, 3.63) is 95.1 Å². The van der Waals surface area contributed by atoms with Crippen molar-refractivity contribution < 1.29 is 13.6 Å². The van der Waals surface area contributed by atoms with Crippen LogP contribution >= 0.6 is 0 Å². The Balaban J connectivity index is 1.32. The molecule has 3 heterocycles. The van der Waals surface area contributed by atoms with Gasteiger partial charge < -0.3 is 13.9 Å². The zero-order chi connectivity index (χ0) is 22.1. The number of furan rings is 1. The van der Waals surface area contributed by atoms with Gasteiger partial charge in [0.05, 0.1) is 11.8 Å². The number of carbonyl (C=O) groups is 1. The standard InChI is InChI=1S/C26H26FN3O2/c1-19-5-2-3-7-21(19)18-28-10-12-29(13-11-28)26(31)24-16-25-23(9-14-32-25)30(24)17-20-6-4-8-22(27)15-20/h2-9,14-16H,10-13,17-18H2,1H3. The van der Waals surface area contributed by atoms with Gasteiger partial charge in [0.2, 0.25) is 0 Å². The van der Waals surface area contributed by atoms with Crippen molar-refractivity contribution in [2.45, 2.75) is 20.0 Å². The number of nitrogens with zero attached hydrogens (tertiary/aromatic N) is 3. The lowest BCUT2D eigenvalue weighted by Gasteiger charge is -2.35. The summed E-state index contributed by atoms with van der Waals surface area (Å²) in [5.41, 5.74) is 5.52. The summed E-state index contributed by atoms with van der Waals surface area (Å²) in [5, 5.41) is 0. The van der Waals surface area contributed by atoms with E-state index in [1.807, 2.05) is 21.6 Å². The number of benzene rings is 2. The van der Waals surface area contributed by atoms with Crippen LogP contribution in [0.1, 0.15) is 27.2 Å². The van der Waals surface area contributed by atoms with Crippen LogP contribution in [0.4, 0.5) is 4.39 Å². The van der Waals surface area contributed by atoms with E-state index in [9.17, 15) is 9.18 Å². The Bertz CT molecular complexity index is 1250. The average molecular weight is 432 g/mol. The van der Waals surface area contributed by atoms with Crippen molar-refractivity contribution in [3.8, 4) is 0 Å². The lowest BCUT2D eigenvalue weighted by molar-refractivity contribution is 0.0618. The summed E-state index contributed by atoms with van der Waals surface area (Å²) in [6, 6.07) is 18.6. The summed E-state index contributed by atoms with van der Waals surface area (Å²) in [4.78, 5) is 17.7. The number of hydrogen-bond donors (Lipinski definition) is 0. The monoisotopic (exact) mass is 431 g/mol. The molecule has 0 atom stereocenters. The predicted octanol–water partition coefficient (Wildman–Crippen LogP) is 4.69. The molecule has 2 aromatic heterocycles. The molecule has 0 radical (unpaired) electrons. The van der Waals surface area contributed by atoms with E-state index in [4.69, 9.17) is 4.42 Å². The Morgan fingerprint density at radius 3 is 2.56 bits per heavy atom. The highest BCUT2D eigenvalue weighted by atomic mass is 19.1. The normalized spacial score (nSPS) is 14.9. The smallest absolute Gasteiger partial charge is 0.270 e. The van der Waals surface area contributed by atoms with Gasteiger partial charge in [-0.2, -0.15) is 0 Å². The summed E-state index contributed by atoms with van der Waals surface area (Å²) in [7, 11) is 0. The lowest BCUT2D eigenvalue weighted by Crippen LogP contribution is -2.48. The average Bonchev–Trinajstić information content (AvgIpc) is 3.38. The van der Waals surface area contributed by atoms with Crippen LogP contribution in [0.15, 0.2) is 71.3 Å². The minimum atomic E-state index is -0.282. The SMILES string of the molecule is Cc1ccccc1CN1CCN(C(=O)c2cc3occc3n2Cc2cccc(F)c2)CC1. The third-order valence-electron chi connectivity index (χ3n) is 6.29. The summed E-state index contributed by atoms with van der Waals surface area (Å²) in [6.07, 6.45) is 1.62. The molecule has 0 unspecified atom stereocenters. The van der Waals surface area contributed by atoms with Crippen molar-refractivity contribution in [2.24, 2.45) is 0 Å². The van der Waals surface area contributed by atoms with E-state index in [0.29, 0.717) is 30.9 Å². The molecule has 1 aliphatic rings. The number of halogens is 1. The Labute approximate surface area is 186 Å². The minimum absolute atomic E-state index is 0.0108. The fourth-order valence-corrected chi connectivity index (χ4v) is 4.44. The molecule has 32 heavy (non-hydrogen) atoms. The number of aryl methyl sites for hydroxylation is 1. The summed E-state index contributed by atoms with van der Waals surface area (Å²) in [6.45, 7) is 6.47. The van der Waals surface area contributed by atoms with E-state index in [-0.39, 0.29) is 11.7 Å². The maximum absolute atomic E-state index is 13.7. The highest BCUT2D eigenvalue weighted by Crippen LogP contribution is 2.24. The molecule has 0 N–H and O–H groups in total. The number of amides is 1. The van der Waals surface area contributed by atoms with Crippen molar-refractivity contribution in [3.63, 3.8) is 0 Å². The van der Waals surface area contributed by atoms with Gasteiger partial charge in [-0.3, -0.25) is 9.69 Å². The van der Waals surface area contributed by atoms with Crippen LogP contribution in [-0.4, -0.2) is 46.5 Å². The van der Waals surface area contributed by atoms with E-state index in [1.165, 1.54) is 23.3 Å². The third kappa shape index (κ3) is 4.06. The number of carbonyl (C=O) groups excluding carboxylic acids is 1. The quantitative estimate of drug-likeness (QED) is 0.460. The highest BCUT2D eigenvalue weighted by Gasteiger charge is 2.26. The van der Waals surface area contributed by atoms with Gasteiger partial charge in [-0.1, -0.05) is 36.4 Å². The topological polar surface area (TPSA) is 41.6 Å². The molecule has 0 bridgehead atoms. The van der Waals surface area contributed by atoms with Gasteiger partial charge in [-0.05, 0) is 35.7 Å². The van der Waals surface area contributed by atoms with E-state index in [1.54, 1.807) is 18.4 Å². The van der Waals surface area contributed by atoms with Gasteiger partial charge in [0.1, 0.15) is 11.5 Å². The Morgan fingerprint density at radius 1 is 0.969 bits per heavy atom. The van der Waals surface area contributed by atoms with Crippen LogP contribution in [0.3, 0.4) is 0 Å². The number of rotatable bonds is 5. The molecule has 0 saturated carbocycles. The molecule has 5 nitrogen and oxygen atoms in total. The van der Waals surface area contributed by atoms with Crippen molar-refractivity contribution >= 4 is 17.0 Å². The van der Waals surface area contributed by atoms with Crippen LogP contribution in [0.25, 0.3) is 11.1 Å². The Kier molecular flexibility index (Phi) is 5.53. The van der Waals surface area contributed by atoms with Crippen LogP contribution in [0.2, 0.25) is 0 Å².